The van der Waals surface area contributed by atoms with Crippen molar-refractivity contribution >= 4 is 27.7 Å². The number of benzene rings is 1. The average Bonchev–Trinajstić information content (AvgIpc) is 2.53. The minimum atomic E-state index is -1.43. The molecule has 1 aromatic carbocycles. The van der Waals surface area contributed by atoms with Crippen LogP contribution in [0.4, 0.5) is 4.39 Å². The standard InChI is InChI=1S/C11H9FO4S/c1-17(15)11-7-4-6(12)2-3-8(7)16-9(11)5-10(13)14/h2-4H,5H2,1H3,(H,13,14). The summed E-state index contributed by atoms with van der Waals surface area (Å²) in [7, 11) is -1.43. The van der Waals surface area contributed by atoms with Gasteiger partial charge in [-0.05, 0) is 18.2 Å². The van der Waals surface area contributed by atoms with Crippen LogP contribution in [0, 0.1) is 5.82 Å². The molecule has 0 fully saturated rings. The Labute approximate surface area is 98.5 Å². The molecule has 17 heavy (non-hydrogen) atoms. The predicted molar refractivity (Wildman–Crippen MR) is 59.8 cm³/mol. The number of carboxylic acid groups (broad SMARTS) is 1. The Morgan fingerprint density at radius 1 is 1.53 bits per heavy atom. The van der Waals surface area contributed by atoms with Gasteiger partial charge in [0, 0.05) is 11.6 Å². The smallest absolute Gasteiger partial charge is 0.311 e. The summed E-state index contributed by atoms with van der Waals surface area (Å²) in [6.07, 6.45) is 1.03. The predicted octanol–water partition coefficient (Wildman–Crippen LogP) is 1.94. The van der Waals surface area contributed by atoms with Gasteiger partial charge in [-0.3, -0.25) is 9.00 Å². The summed E-state index contributed by atoms with van der Waals surface area (Å²) in [6.45, 7) is 0. The zero-order valence-corrected chi connectivity index (χ0v) is 9.71. The van der Waals surface area contributed by atoms with Gasteiger partial charge in [-0.1, -0.05) is 0 Å². The number of rotatable bonds is 3. The first kappa shape index (κ1) is 11.8. The summed E-state index contributed by atoms with van der Waals surface area (Å²) in [5.41, 5.74) is 0.341. The molecule has 1 N–H and O–H groups in total. The SMILES string of the molecule is CS(=O)c1c(CC(=O)O)oc2ccc(F)cc12. The lowest BCUT2D eigenvalue weighted by Gasteiger charge is -1.96. The lowest BCUT2D eigenvalue weighted by Crippen LogP contribution is -2.02. The van der Waals surface area contributed by atoms with Crippen LogP contribution in [0.1, 0.15) is 5.76 Å². The maximum absolute atomic E-state index is 13.1. The lowest BCUT2D eigenvalue weighted by atomic mass is 10.2. The van der Waals surface area contributed by atoms with Crippen LogP contribution >= 0.6 is 0 Å². The molecule has 1 heterocycles. The third-order valence-electron chi connectivity index (χ3n) is 2.27. The van der Waals surface area contributed by atoms with Crippen LogP contribution in [0.25, 0.3) is 11.0 Å². The van der Waals surface area contributed by atoms with Gasteiger partial charge in [-0.15, -0.1) is 0 Å². The van der Waals surface area contributed by atoms with Gasteiger partial charge in [0.1, 0.15) is 23.6 Å². The fraction of sp³-hybridized carbons (Fsp3) is 0.182. The molecule has 1 atom stereocenters. The summed E-state index contributed by atoms with van der Waals surface area (Å²) < 4.78 is 30.0. The van der Waals surface area contributed by atoms with Crippen molar-refractivity contribution in [3.63, 3.8) is 0 Å². The first-order valence-corrected chi connectivity index (χ1v) is 6.31. The van der Waals surface area contributed by atoms with Crippen LogP contribution in [0.5, 0.6) is 0 Å². The van der Waals surface area contributed by atoms with E-state index in [1.165, 1.54) is 24.5 Å². The Bertz CT molecular complexity index is 617. The highest BCUT2D eigenvalue weighted by Gasteiger charge is 2.19. The second-order valence-corrected chi connectivity index (χ2v) is 4.84. The zero-order chi connectivity index (χ0) is 12.6. The molecule has 4 nitrogen and oxygen atoms in total. The fourth-order valence-electron chi connectivity index (χ4n) is 1.67. The van der Waals surface area contributed by atoms with E-state index in [0.29, 0.717) is 11.0 Å². The van der Waals surface area contributed by atoms with Gasteiger partial charge in [0.05, 0.1) is 15.7 Å². The van der Waals surface area contributed by atoms with Crippen LogP contribution in [0.3, 0.4) is 0 Å². The third kappa shape index (κ3) is 2.21. The molecule has 0 bridgehead atoms. The molecular formula is C11H9FO4S. The van der Waals surface area contributed by atoms with Gasteiger partial charge in [0.2, 0.25) is 0 Å². The van der Waals surface area contributed by atoms with E-state index in [4.69, 9.17) is 9.52 Å². The van der Waals surface area contributed by atoms with Crippen LogP contribution in [0.2, 0.25) is 0 Å². The molecule has 0 aliphatic heterocycles. The maximum atomic E-state index is 13.1. The molecule has 1 aromatic heterocycles. The van der Waals surface area contributed by atoms with Gasteiger partial charge in [0.25, 0.3) is 0 Å². The van der Waals surface area contributed by atoms with Gasteiger partial charge in [-0.25, -0.2) is 4.39 Å². The Morgan fingerprint density at radius 2 is 2.24 bits per heavy atom. The first-order valence-electron chi connectivity index (χ1n) is 4.75. The van der Waals surface area contributed by atoms with E-state index in [-0.39, 0.29) is 17.1 Å². The third-order valence-corrected chi connectivity index (χ3v) is 3.29. The van der Waals surface area contributed by atoms with E-state index >= 15 is 0 Å². The minimum Gasteiger partial charge on any atom is -0.481 e. The molecule has 0 radical (unpaired) electrons. The monoisotopic (exact) mass is 256 g/mol. The Kier molecular flexibility index (Phi) is 2.97. The minimum absolute atomic E-state index is 0.110. The van der Waals surface area contributed by atoms with Crippen molar-refractivity contribution in [3.05, 3.63) is 29.8 Å². The van der Waals surface area contributed by atoms with Crippen molar-refractivity contribution < 1.29 is 22.9 Å². The number of fused-ring (bicyclic) bond motifs is 1. The van der Waals surface area contributed by atoms with E-state index in [2.05, 4.69) is 0 Å². The average molecular weight is 256 g/mol. The topological polar surface area (TPSA) is 67.5 Å². The summed E-state index contributed by atoms with van der Waals surface area (Å²) in [5, 5.41) is 9.08. The molecular weight excluding hydrogens is 247 g/mol. The number of halogens is 1. The largest absolute Gasteiger partial charge is 0.481 e. The number of aliphatic carboxylic acids is 1. The second-order valence-electron chi connectivity index (χ2n) is 3.52. The first-order chi connectivity index (χ1) is 7.99. The highest BCUT2D eigenvalue weighted by Crippen LogP contribution is 2.29. The van der Waals surface area contributed by atoms with Crippen LogP contribution in [-0.4, -0.2) is 21.5 Å². The van der Waals surface area contributed by atoms with Crippen molar-refractivity contribution in [2.45, 2.75) is 11.3 Å². The summed E-state index contributed by atoms with van der Waals surface area (Å²) >= 11 is 0. The molecule has 0 amide bonds. The molecule has 2 aromatic rings. The Morgan fingerprint density at radius 3 is 2.82 bits per heavy atom. The molecule has 0 aliphatic rings. The van der Waals surface area contributed by atoms with Crippen molar-refractivity contribution in [1.82, 2.24) is 0 Å². The molecule has 0 spiro atoms. The van der Waals surface area contributed by atoms with E-state index in [1.54, 1.807) is 0 Å². The van der Waals surface area contributed by atoms with Gasteiger partial charge < -0.3 is 9.52 Å². The van der Waals surface area contributed by atoms with E-state index in [9.17, 15) is 13.4 Å². The van der Waals surface area contributed by atoms with Crippen LogP contribution in [-0.2, 0) is 22.0 Å². The lowest BCUT2D eigenvalue weighted by molar-refractivity contribution is -0.136. The molecule has 2 rings (SSSR count). The highest BCUT2D eigenvalue weighted by molar-refractivity contribution is 7.84. The second kappa shape index (κ2) is 4.29. The molecule has 0 aliphatic carbocycles. The molecule has 90 valence electrons. The van der Waals surface area contributed by atoms with Crippen molar-refractivity contribution in [1.29, 1.82) is 0 Å². The molecule has 0 saturated heterocycles. The van der Waals surface area contributed by atoms with Crippen molar-refractivity contribution in [2.24, 2.45) is 0 Å². The number of carboxylic acids is 1. The van der Waals surface area contributed by atoms with E-state index < -0.39 is 22.6 Å². The van der Waals surface area contributed by atoms with E-state index in [0.717, 1.165) is 0 Å². The van der Waals surface area contributed by atoms with Crippen molar-refractivity contribution in [2.75, 3.05) is 6.26 Å². The molecule has 0 saturated carbocycles. The van der Waals surface area contributed by atoms with Gasteiger partial charge in [0.15, 0.2) is 0 Å². The zero-order valence-electron chi connectivity index (χ0n) is 8.90. The quantitative estimate of drug-likeness (QED) is 0.911. The highest BCUT2D eigenvalue weighted by atomic mass is 32.2. The summed E-state index contributed by atoms with van der Waals surface area (Å²) in [6, 6.07) is 3.80. The van der Waals surface area contributed by atoms with Gasteiger partial charge in [-0.2, -0.15) is 0 Å². The number of furan rings is 1. The van der Waals surface area contributed by atoms with Crippen molar-refractivity contribution in [3.8, 4) is 0 Å². The fourth-order valence-corrected chi connectivity index (χ4v) is 2.57. The molecule has 6 heteroatoms. The van der Waals surface area contributed by atoms with Gasteiger partial charge >= 0.3 is 5.97 Å². The van der Waals surface area contributed by atoms with Crippen LogP contribution in [0.15, 0.2) is 27.5 Å². The Balaban J connectivity index is 2.71. The van der Waals surface area contributed by atoms with E-state index in [1.807, 2.05) is 0 Å². The number of hydrogen-bond donors (Lipinski definition) is 1. The van der Waals surface area contributed by atoms with Crippen LogP contribution < -0.4 is 0 Å². The Hall–Kier alpha value is -1.69. The molecule has 1 unspecified atom stereocenters. The summed E-state index contributed by atoms with van der Waals surface area (Å²) in [4.78, 5) is 10.9. The normalized spacial score (nSPS) is 12.8. The maximum Gasteiger partial charge on any atom is 0.311 e. The number of carbonyl (C=O) groups is 1. The number of hydrogen-bond acceptors (Lipinski definition) is 3. The summed E-state index contributed by atoms with van der Waals surface area (Å²) in [5.74, 6) is -1.46.